The molecule has 588 valence electrons. The zero-order valence-electron chi connectivity index (χ0n) is 64.8. The summed E-state index contributed by atoms with van der Waals surface area (Å²) in [5, 5.41) is 10.6. The number of carbonyl (C=O) groups is 4. The molecule has 2 unspecified atom stereocenters. The fourth-order valence-electron chi connectivity index (χ4n) is 12.4. The Balaban J connectivity index is 5.17. The van der Waals surface area contributed by atoms with Gasteiger partial charge in [0, 0.05) is 25.7 Å². The molecular weight excluding hydrogens is 1290 g/mol. The quantitative estimate of drug-likeness (QED) is 0.0222. The van der Waals surface area contributed by atoms with Crippen LogP contribution < -0.4 is 0 Å². The van der Waals surface area contributed by atoms with Crippen molar-refractivity contribution in [1.29, 1.82) is 0 Å². The molecule has 0 fully saturated rings. The van der Waals surface area contributed by atoms with Crippen LogP contribution in [0, 0.1) is 11.8 Å². The highest BCUT2D eigenvalue weighted by atomic mass is 31.2. The zero-order chi connectivity index (χ0) is 72.8. The Morgan fingerprint density at radius 3 is 0.687 bits per heavy atom. The van der Waals surface area contributed by atoms with E-state index in [4.69, 9.17) is 37.0 Å². The molecule has 0 aromatic rings. The molecule has 3 N–H and O–H groups in total. The third-order valence-electron chi connectivity index (χ3n) is 18.7. The van der Waals surface area contributed by atoms with Crippen LogP contribution in [0.5, 0.6) is 0 Å². The minimum absolute atomic E-state index is 0.105. The van der Waals surface area contributed by atoms with E-state index in [1.165, 1.54) is 231 Å². The molecule has 0 saturated carbocycles. The van der Waals surface area contributed by atoms with Gasteiger partial charge in [0.05, 0.1) is 26.4 Å². The summed E-state index contributed by atoms with van der Waals surface area (Å²) in [6, 6.07) is 0. The van der Waals surface area contributed by atoms with E-state index in [0.29, 0.717) is 25.7 Å². The first-order chi connectivity index (χ1) is 47.9. The van der Waals surface area contributed by atoms with Crippen molar-refractivity contribution in [2.24, 2.45) is 11.8 Å². The maximum absolute atomic E-state index is 13.1. The van der Waals surface area contributed by atoms with Crippen LogP contribution in [0.2, 0.25) is 0 Å². The lowest BCUT2D eigenvalue weighted by atomic mass is 10.0. The van der Waals surface area contributed by atoms with Crippen molar-refractivity contribution in [2.45, 2.75) is 439 Å². The largest absolute Gasteiger partial charge is 0.472 e. The molecule has 0 aliphatic rings. The average Bonchev–Trinajstić information content (AvgIpc) is 0.977. The number of phosphoric ester groups is 2. The van der Waals surface area contributed by atoms with Crippen LogP contribution in [-0.4, -0.2) is 96.7 Å². The van der Waals surface area contributed by atoms with Crippen LogP contribution in [0.1, 0.15) is 420 Å². The Morgan fingerprint density at radius 1 is 0.273 bits per heavy atom. The van der Waals surface area contributed by atoms with Gasteiger partial charge in [0.2, 0.25) is 0 Å². The van der Waals surface area contributed by atoms with Crippen LogP contribution in [0.3, 0.4) is 0 Å². The fraction of sp³-hybridized carbons (Fsp3) is 0.950. The summed E-state index contributed by atoms with van der Waals surface area (Å²) >= 11 is 0. The highest BCUT2D eigenvalue weighted by Crippen LogP contribution is 2.45. The Labute approximate surface area is 607 Å². The predicted octanol–water partition coefficient (Wildman–Crippen LogP) is 23.9. The number of esters is 4. The number of hydrogen-bond acceptors (Lipinski definition) is 15. The van der Waals surface area contributed by atoms with Gasteiger partial charge in [-0.2, -0.15) is 0 Å². The molecule has 0 heterocycles. The Bertz CT molecular complexity index is 1910. The average molecular weight is 1450 g/mol. The van der Waals surface area contributed by atoms with Gasteiger partial charge >= 0.3 is 39.5 Å². The lowest BCUT2D eigenvalue weighted by Gasteiger charge is -2.21. The van der Waals surface area contributed by atoms with Gasteiger partial charge < -0.3 is 33.8 Å². The van der Waals surface area contributed by atoms with Crippen LogP contribution in [-0.2, 0) is 65.4 Å². The van der Waals surface area contributed by atoms with Crippen LogP contribution in [0.4, 0.5) is 0 Å². The fourth-order valence-corrected chi connectivity index (χ4v) is 13.9. The number of aliphatic hydroxyl groups is 1. The van der Waals surface area contributed by atoms with Crippen LogP contribution >= 0.6 is 15.6 Å². The molecule has 0 amide bonds. The Morgan fingerprint density at radius 2 is 0.465 bits per heavy atom. The van der Waals surface area contributed by atoms with E-state index >= 15 is 0 Å². The van der Waals surface area contributed by atoms with Gasteiger partial charge in [0.1, 0.15) is 19.3 Å². The van der Waals surface area contributed by atoms with E-state index in [2.05, 4.69) is 41.5 Å². The number of ether oxygens (including phenoxy) is 4. The molecule has 0 aromatic carbocycles. The smallest absolute Gasteiger partial charge is 0.462 e. The molecule has 17 nitrogen and oxygen atoms in total. The molecular formula is C80H156O17P2. The maximum atomic E-state index is 13.1. The molecule has 19 heteroatoms. The molecule has 99 heavy (non-hydrogen) atoms. The van der Waals surface area contributed by atoms with Crippen LogP contribution in [0.25, 0.3) is 0 Å². The minimum Gasteiger partial charge on any atom is -0.462 e. The van der Waals surface area contributed by atoms with E-state index in [1.54, 1.807) is 0 Å². The SMILES string of the molecule is CCCCCCCCCCCCCCCCCCCCCC(=O)OC[C@H](COP(=O)(O)OC[C@@H](O)COP(=O)(O)OC[C@@H](COC(=O)CCCCCCCCCC)OC(=O)CCCCCCCCCCC(C)C)OC(=O)CCCCCCCCCCCCCCCCCCCCC(C)C. The summed E-state index contributed by atoms with van der Waals surface area (Å²) in [5.41, 5.74) is 0. The topological polar surface area (TPSA) is 237 Å². The number of aliphatic hydroxyl groups excluding tert-OH is 1. The van der Waals surface area contributed by atoms with Gasteiger partial charge in [-0.05, 0) is 37.5 Å². The number of carbonyl (C=O) groups excluding carboxylic acids is 4. The highest BCUT2D eigenvalue weighted by Gasteiger charge is 2.30. The van der Waals surface area contributed by atoms with E-state index in [-0.39, 0.29) is 25.7 Å². The molecule has 0 bridgehead atoms. The molecule has 0 spiro atoms. The van der Waals surface area contributed by atoms with Crippen molar-refractivity contribution in [3.8, 4) is 0 Å². The van der Waals surface area contributed by atoms with Gasteiger partial charge in [-0.15, -0.1) is 0 Å². The van der Waals surface area contributed by atoms with Gasteiger partial charge in [-0.3, -0.25) is 37.3 Å². The minimum atomic E-state index is -4.96. The third-order valence-corrected chi connectivity index (χ3v) is 20.6. The van der Waals surface area contributed by atoms with Crippen molar-refractivity contribution < 1.29 is 80.2 Å². The molecule has 0 aromatic heterocycles. The summed E-state index contributed by atoms with van der Waals surface area (Å²) in [6.07, 6.45) is 61.4. The number of hydrogen-bond donors (Lipinski definition) is 3. The monoisotopic (exact) mass is 1450 g/mol. The van der Waals surface area contributed by atoms with E-state index in [1.807, 2.05) is 0 Å². The van der Waals surface area contributed by atoms with Gasteiger partial charge in [-0.25, -0.2) is 9.13 Å². The van der Waals surface area contributed by atoms with E-state index in [9.17, 15) is 43.2 Å². The lowest BCUT2D eigenvalue weighted by Crippen LogP contribution is -2.30. The number of phosphoric acid groups is 2. The summed E-state index contributed by atoms with van der Waals surface area (Å²) in [6.45, 7) is 9.59. The first kappa shape index (κ1) is 97.1. The zero-order valence-corrected chi connectivity index (χ0v) is 66.6. The van der Waals surface area contributed by atoms with Crippen molar-refractivity contribution in [1.82, 2.24) is 0 Å². The number of unbranched alkanes of at least 4 members (excludes halogenated alkanes) is 49. The Kier molecular flexibility index (Phi) is 70.3. The second-order valence-corrected chi connectivity index (χ2v) is 32.7. The van der Waals surface area contributed by atoms with E-state index in [0.717, 1.165) is 108 Å². The maximum Gasteiger partial charge on any atom is 0.472 e. The summed E-state index contributed by atoms with van der Waals surface area (Å²) in [7, 11) is -9.91. The number of rotatable bonds is 79. The van der Waals surface area contributed by atoms with Gasteiger partial charge in [0.15, 0.2) is 12.2 Å². The standard InChI is InChI=1S/C80H156O17P2/c1-7-9-11-13-15-17-18-19-20-21-22-26-29-32-35-38-45-51-57-63-78(83)91-69-76(96-79(84)64-58-52-46-39-36-33-30-27-24-23-25-28-31-34-37-42-48-54-60-72(3)4)71-95-99(88,89)93-67-74(81)66-92-98(86,87)94-70-75(68-90-77(82)62-56-50-44-16-14-12-10-8-2)97-80(85)65-59-53-47-41-40-43-49-55-61-73(5)6/h72-76,81H,7-71H2,1-6H3,(H,86,87)(H,88,89)/t74-,75+,76+/m0/s1. The highest BCUT2D eigenvalue weighted by molar-refractivity contribution is 7.47. The molecule has 0 aliphatic heterocycles. The molecule has 5 atom stereocenters. The van der Waals surface area contributed by atoms with Crippen molar-refractivity contribution in [3.63, 3.8) is 0 Å². The summed E-state index contributed by atoms with van der Waals surface area (Å²) < 4.78 is 68.5. The molecule has 0 rings (SSSR count). The normalized spacial score (nSPS) is 13.9. The molecule has 0 saturated heterocycles. The summed E-state index contributed by atoms with van der Waals surface area (Å²) in [5.74, 6) is -0.577. The summed E-state index contributed by atoms with van der Waals surface area (Å²) in [4.78, 5) is 72.8. The lowest BCUT2D eigenvalue weighted by molar-refractivity contribution is -0.161. The first-order valence-electron chi connectivity index (χ1n) is 41.5. The van der Waals surface area contributed by atoms with Crippen LogP contribution in [0.15, 0.2) is 0 Å². The van der Waals surface area contributed by atoms with Gasteiger partial charge in [-0.1, -0.05) is 369 Å². The molecule has 0 aliphatic carbocycles. The van der Waals surface area contributed by atoms with E-state index < -0.39 is 97.5 Å². The predicted molar refractivity (Wildman–Crippen MR) is 405 cm³/mol. The van der Waals surface area contributed by atoms with Crippen molar-refractivity contribution in [2.75, 3.05) is 39.6 Å². The van der Waals surface area contributed by atoms with Crippen molar-refractivity contribution in [3.05, 3.63) is 0 Å². The molecule has 0 radical (unpaired) electrons. The second-order valence-electron chi connectivity index (χ2n) is 29.8. The van der Waals surface area contributed by atoms with Gasteiger partial charge in [0.25, 0.3) is 0 Å². The first-order valence-corrected chi connectivity index (χ1v) is 44.5. The van der Waals surface area contributed by atoms with Crippen molar-refractivity contribution >= 4 is 39.5 Å². The Hall–Kier alpha value is -1.94. The second kappa shape index (κ2) is 71.7. The third kappa shape index (κ3) is 74.1.